The Bertz CT molecular complexity index is 1110. The number of ether oxygens (including phenoxy) is 1. The summed E-state index contributed by atoms with van der Waals surface area (Å²) in [6.07, 6.45) is 1.78. The van der Waals surface area contributed by atoms with Gasteiger partial charge in [0.2, 0.25) is 5.91 Å². The number of thioether (sulfide) groups is 1. The van der Waals surface area contributed by atoms with E-state index in [0.717, 1.165) is 11.3 Å². The Balaban J connectivity index is 1.64. The van der Waals surface area contributed by atoms with E-state index in [1.165, 1.54) is 11.8 Å². The van der Waals surface area contributed by atoms with Crippen LogP contribution >= 0.6 is 11.8 Å². The van der Waals surface area contributed by atoms with E-state index in [0.29, 0.717) is 28.5 Å². The Hall–Kier alpha value is -2.65. The van der Waals surface area contributed by atoms with E-state index in [2.05, 4.69) is 10.4 Å². The summed E-state index contributed by atoms with van der Waals surface area (Å²) in [4.78, 5) is 30.2. The van der Waals surface area contributed by atoms with Gasteiger partial charge in [-0.05, 0) is 26.0 Å². The van der Waals surface area contributed by atoms with Gasteiger partial charge in [-0.15, -0.1) is 0 Å². The minimum Gasteiger partial charge on any atom is -0.383 e. The number of aromatic nitrogens is 4. The number of nitrogens with zero attached hydrogens (tertiary/aromatic N) is 4. The van der Waals surface area contributed by atoms with Gasteiger partial charge in [0.25, 0.3) is 5.56 Å². The van der Waals surface area contributed by atoms with Crippen molar-refractivity contribution in [1.29, 1.82) is 0 Å². The van der Waals surface area contributed by atoms with Gasteiger partial charge in [-0.3, -0.25) is 14.2 Å². The van der Waals surface area contributed by atoms with Crippen molar-refractivity contribution in [3.63, 3.8) is 0 Å². The van der Waals surface area contributed by atoms with Crippen LogP contribution in [0.4, 0.5) is 0 Å². The van der Waals surface area contributed by atoms with E-state index in [1.807, 2.05) is 38.1 Å². The van der Waals surface area contributed by atoms with Gasteiger partial charge < -0.3 is 10.1 Å². The number of hydrogen-bond acceptors (Lipinski definition) is 6. The first-order valence-electron chi connectivity index (χ1n) is 9.46. The quantitative estimate of drug-likeness (QED) is 0.622. The molecule has 0 spiro atoms. The maximum absolute atomic E-state index is 13.1. The summed E-state index contributed by atoms with van der Waals surface area (Å²) in [6, 6.07) is 7.60. The van der Waals surface area contributed by atoms with Gasteiger partial charge in [0.15, 0.2) is 10.8 Å². The molecule has 2 atom stereocenters. The highest BCUT2D eigenvalue weighted by Gasteiger charge is 2.29. The van der Waals surface area contributed by atoms with Gasteiger partial charge in [-0.2, -0.15) is 5.10 Å². The number of methoxy groups -OCH3 is 1. The smallest absolute Gasteiger partial charge is 0.265 e. The summed E-state index contributed by atoms with van der Waals surface area (Å²) in [6.45, 7) is 4.35. The lowest BCUT2D eigenvalue weighted by atomic mass is 10.2. The molecule has 0 bridgehead atoms. The molecular formula is C20H23N5O3S. The van der Waals surface area contributed by atoms with Crippen molar-refractivity contribution in [2.75, 3.05) is 19.5 Å². The molecule has 3 heterocycles. The van der Waals surface area contributed by atoms with E-state index < -0.39 is 0 Å². The minimum atomic E-state index is -0.225. The van der Waals surface area contributed by atoms with Gasteiger partial charge >= 0.3 is 0 Å². The van der Waals surface area contributed by atoms with Crippen LogP contribution in [0.1, 0.15) is 24.9 Å². The first-order valence-corrected chi connectivity index (χ1v) is 10.4. The predicted molar refractivity (Wildman–Crippen MR) is 112 cm³/mol. The molecule has 9 heteroatoms. The van der Waals surface area contributed by atoms with Crippen LogP contribution in [0.3, 0.4) is 0 Å². The van der Waals surface area contributed by atoms with E-state index in [9.17, 15) is 9.59 Å². The zero-order chi connectivity index (χ0) is 20.5. The summed E-state index contributed by atoms with van der Waals surface area (Å²) in [5.41, 5.74) is 2.39. The highest BCUT2D eigenvalue weighted by atomic mass is 32.2. The third-order valence-electron chi connectivity index (χ3n) is 4.89. The molecule has 8 nitrogen and oxygen atoms in total. The van der Waals surface area contributed by atoms with Crippen molar-refractivity contribution in [2.45, 2.75) is 37.5 Å². The molecule has 3 aromatic rings. The Labute approximate surface area is 172 Å². The number of rotatable bonds is 6. The van der Waals surface area contributed by atoms with Crippen molar-refractivity contribution in [3.05, 3.63) is 46.4 Å². The number of carbonyl (C=O) groups is 1. The second-order valence-corrected chi connectivity index (χ2v) is 8.28. The normalized spacial score (nSPS) is 16.7. The Morgan fingerprint density at radius 1 is 1.38 bits per heavy atom. The Morgan fingerprint density at radius 2 is 2.14 bits per heavy atom. The topological polar surface area (TPSA) is 91.0 Å². The summed E-state index contributed by atoms with van der Waals surface area (Å²) >= 11 is 1.49. The average molecular weight is 414 g/mol. The number of carbonyl (C=O) groups excluding carboxylic acids is 1. The molecule has 2 aromatic heterocycles. The zero-order valence-corrected chi connectivity index (χ0v) is 17.4. The third kappa shape index (κ3) is 3.79. The van der Waals surface area contributed by atoms with Crippen LogP contribution in [0.5, 0.6) is 0 Å². The lowest BCUT2D eigenvalue weighted by molar-refractivity contribution is -0.122. The van der Waals surface area contributed by atoms with Crippen molar-refractivity contribution >= 4 is 28.7 Å². The maximum atomic E-state index is 13.1. The molecule has 0 fully saturated rings. The fourth-order valence-corrected chi connectivity index (χ4v) is 4.63. The van der Waals surface area contributed by atoms with Crippen LogP contribution in [-0.2, 0) is 9.53 Å². The molecule has 2 unspecified atom stereocenters. The maximum Gasteiger partial charge on any atom is 0.265 e. The molecule has 1 aromatic carbocycles. The number of nitrogens with one attached hydrogen (secondary N) is 1. The largest absolute Gasteiger partial charge is 0.383 e. The molecule has 0 radical (unpaired) electrons. The van der Waals surface area contributed by atoms with Crippen molar-refractivity contribution in [3.8, 4) is 5.69 Å². The molecule has 1 aliphatic heterocycles. The molecule has 29 heavy (non-hydrogen) atoms. The van der Waals surface area contributed by atoms with Gasteiger partial charge in [0.1, 0.15) is 5.39 Å². The van der Waals surface area contributed by atoms with Crippen LogP contribution in [0.2, 0.25) is 0 Å². The first-order chi connectivity index (χ1) is 14.0. The van der Waals surface area contributed by atoms with Crippen LogP contribution in [0.25, 0.3) is 16.7 Å². The molecule has 152 valence electrons. The first kappa shape index (κ1) is 19.7. The van der Waals surface area contributed by atoms with Crippen LogP contribution < -0.4 is 10.9 Å². The minimum absolute atomic E-state index is 0.0777. The number of fused-ring (bicyclic) bond motifs is 2. The highest BCUT2D eigenvalue weighted by molar-refractivity contribution is 7.99. The number of aryl methyl sites for hydroxylation is 1. The summed E-state index contributed by atoms with van der Waals surface area (Å²) in [5.74, 6) is 0.536. The van der Waals surface area contributed by atoms with Gasteiger partial charge in [-0.25, -0.2) is 9.67 Å². The Morgan fingerprint density at radius 3 is 2.86 bits per heavy atom. The molecule has 0 saturated heterocycles. The molecule has 0 aliphatic carbocycles. The highest BCUT2D eigenvalue weighted by Crippen LogP contribution is 2.33. The second kappa shape index (κ2) is 8.00. The van der Waals surface area contributed by atoms with Crippen molar-refractivity contribution < 1.29 is 9.53 Å². The fourth-order valence-electron chi connectivity index (χ4n) is 3.50. The molecule has 1 amide bonds. The van der Waals surface area contributed by atoms with Crippen LogP contribution in [0.15, 0.2) is 40.4 Å². The second-order valence-electron chi connectivity index (χ2n) is 7.29. The van der Waals surface area contributed by atoms with E-state index in [4.69, 9.17) is 9.72 Å². The monoisotopic (exact) mass is 413 g/mol. The summed E-state index contributed by atoms with van der Waals surface area (Å²) in [7, 11) is 1.60. The van der Waals surface area contributed by atoms with Gasteiger partial charge in [0, 0.05) is 25.3 Å². The molecular weight excluding hydrogens is 390 g/mol. The molecule has 0 saturated carbocycles. The summed E-state index contributed by atoms with van der Waals surface area (Å²) in [5, 5.41) is 8.36. The number of amides is 1. The zero-order valence-electron chi connectivity index (χ0n) is 16.6. The van der Waals surface area contributed by atoms with Crippen LogP contribution in [0, 0.1) is 6.92 Å². The lowest BCUT2D eigenvalue weighted by Gasteiger charge is -2.16. The Kier molecular flexibility index (Phi) is 5.42. The fraction of sp³-hybridized carbons (Fsp3) is 0.400. The third-order valence-corrected chi connectivity index (χ3v) is 5.99. The van der Waals surface area contributed by atoms with Crippen molar-refractivity contribution in [2.24, 2.45) is 0 Å². The number of hydrogen-bond donors (Lipinski definition) is 1. The summed E-state index contributed by atoms with van der Waals surface area (Å²) < 4.78 is 8.37. The molecule has 1 N–H and O–H groups in total. The SMILES string of the molecule is COCC(C)NC(=O)CC1CSc2nc3c(cnn3-c3ccc(C)cc3)c(=O)n21. The molecule has 4 rings (SSSR count). The standard InChI is InChI=1S/C20H23N5O3S/c1-12-4-6-14(7-5-12)25-18-16(9-21-25)19(27)24-15(11-29-20(24)23-18)8-17(26)22-13(2)10-28-3/h4-7,9,13,15H,8,10-11H2,1-3H3,(H,22,26). The van der Waals surface area contributed by atoms with E-state index in [-0.39, 0.29) is 30.0 Å². The molecule has 1 aliphatic rings. The predicted octanol–water partition coefficient (Wildman–Crippen LogP) is 2.08. The van der Waals surface area contributed by atoms with Gasteiger partial charge in [0.05, 0.1) is 24.5 Å². The van der Waals surface area contributed by atoms with E-state index in [1.54, 1.807) is 22.6 Å². The average Bonchev–Trinajstić information content (AvgIpc) is 3.28. The van der Waals surface area contributed by atoms with Crippen LogP contribution in [-0.4, -0.2) is 50.8 Å². The lowest BCUT2D eigenvalue weighted by Crippen LogP contribution is -2.37. The van der Waals surface area contributed by atoms with Crippen molar-refractivity contribution in [1.82, 2.24) is 24.6 Å². The van der Waals surface area contributed by atoms with E-state index >= 15 is 0 Å². The number of benzene rings is 1. The van der Waals surface area contributed by atoms with Gasteiger partial charge in [-0.1, -0.05) is 29.5 Å².